The van der Waals surface area contributed by atoms with Crippen molar-refractivity contribution in [2.75, 3.05) is 44.4 Å². The zero-order valence-corrected chi connectivity index (χ0v) is 12.0. The first-order valence-corrected chi connectivity index (χ1v) is 6.86. The zero-order chi connectivity index (χ0) is 14.7. The average molecular weight is 278 g/mol. The van der Waals surface area contributed by atoms with E-state index in [0.29, 0.717) is 17.4 Å². The Balaban J connectivity index is 2.02. The van der Waals surface area contributed by atoms with Crippen molar-refractivity contribution in [2.24, 2.45) is 5.92 Å². The maximum atomic E-state index is 10.9. The van der Waals surface area contributed by atoms with Gasteiger partial charge in [0.2, 0.25) is 0 Å². The van der Waals surface area contributed by atoms with Crippen molar-refractivity contribution in [3.05, 3.63) is 17.8 Å². The van der Waals surface area contributed by atoms with Crippen LogP contribution in [0.3, 0.4) is 0 Å². The number of piperidine rings is 1. The molecule has 110 valence electrons. The fourth-order valence-electron chi connectivity index (χ4n) is 2.63. The molecule has 0 radical (unpaired) electrons. The van der Waals surface area contributed by atoms with Crippen LogP contribution in [0.4, 0.5) is 11.5 Å². The van der Waals surface area contributed by atoms with Crippen molar-refractivity contribution < 1.29 is 9.90 Å². The Bertz CT molecular complexity index is 484. The third-order valence-electron chi connectivity index (χ3n) is 3.87. The minimum Gasteiger partial charge on any atom is -0.478 e. The number of carboxylic acids is 1. The third kappa shape index (κ3) is 3.39. The number of hydrogen-bond acceptors (Lipinski definition) is 5. The van der Waals surface area contributed by atoms with Gasteiger partial charge in [-0.2, -0.15) is 0 Å². The molecular weight excluding hydrogens is 256 g/mol. The first-order valence-electron chi connectivity index (χ1n) is 6.86. The van der Waals surface area contributed by atoms with Gasteiger partial charge in [-0.15, -0.1) is 0 Å². The van der Waals surface area contributed by atoms with Crippen LogP contribution in [0, 0.1) is 5.92 Å². The van der Waals surface area contributed by atoms with Crippen LogP contribution < -0.4 is 10.6 Å². The van der Waals surface area contributed by atoms with Gasteiger partial charge in [-0.05, 0) is 45.0 Å². The van der Waals surface area contributed by atoms with Crippen LogP contribution in [0.15, 0.2) is 12.3 Å². The second kappa shape index (κ2) is 6.09. The van der Waals surface area contributed by atoms with Gasteiger partial charge in [0.1, 0.15) is 0 Å². The molecule has 0 aromatic carbocycles. The summed E-state index contributed by atoms with van der Waals surface area (Å²) >= 11 is 0. The monoisotopic (exact) mass is 278 g/mol. The van der Waals surface area contributed by atoms with Crippen LogP contribution in [0.1, 0.15) is 23.2 Å². The van der Waals surface area contributed by atoms with Gasteiger partial charge in [0.25, 0.3) is 0 Å². The molecule has 0 saturated carbocycles. The predicted molar refractivity (Wildman–Crippen MR) is 79.1 cm³/mol. The summed E-state index contributed by atoms with van der Waals surface area (Å²) in [5, 5.41) is 8.91. The largest absolute Gasteiger partial charge is 0.478 e. The summed E-state index contributed by atoms with van der Waals surface area (Å²) in [7, 11) is 4.10. The van der Waals surface area contributed by atoms with Crippen LogP contribution in [-0.4, -0.2) is 54.7 Å². The standard InChI is InChI=1S/C14H22N4O2/c1-17-5-3-10(4-6-17)9-18(2)13-12(15)7-11(8-16-13)14(19)20/h7-8,10H,3-6,9,15H2,1-2H3,(H,19,20). The Morgan fingerprint density at radius 1 is 1.55 bits per heavy atom. The fraction of sp³-hybridized carbons (Fsp3) is 0.571. The van der Waals surface area contributed by atoms with E-state index in [1.807, 2.05) is 11.9 Å². The number of nitrogens with zero attached hydrogens (tertiary/aromatic N) is 3. The number of aromatic nitrogens is 1. The molecule has 0 amide bonds. The molecule has 1 aromatic heterocycles. The molecule has 0 aliphatic carbocycles. The van der Waals surface area contributed by atoms with Crippen molar-refractivity contribution in [1.29, 1.82) is 0 Å². The zero-order valence-electron chi connectivity index (χ0n) is 12.0. The van der Waals surface area contributed by atoms with E-state index in [-0.39, 0.29) is 5.56 Å². The second-order valence-electron chi connectivity index (χ2n) is 5.57. The highest BCUT2D eigenvalue weighted by atomic mass is 16.4. The minimum atomic E-state index is -1.01. The second-order valence-corrected chi connectivity index (χ2v) is 5.57. The molecule has 20 heavy (non-hydrogen) atoms. The van der Waals surface area contributed by atoms with Crippen molar-refractivity contribution >= 4 is 17.5 Å². The molecule has 2 heterocycles. The van der Waals surface area contributed by atoms with Gasteiger partial charge in [-0.25, -0.2) is 9.78 Å². The lowest BCUT2D eigenvalue weighted by Crippen LogP contribution is -2.36. The normalized spacial score (nSPS) is 17.1. The van der Waals surface area contributed by atoms with Crippen LogP contribution in [0.25, 0.3) is 0 Å². The maximum Gasteiger partial charge on any atom is 0.337 e. The average Bonchev–Trinajstić information content (AvgIpc) is 2.41. The Kier molecular flexibility index (Phi) is 4.44. The van der Waals surface area contributed by atoms with Gasteiger partial charge < -0.3 is 20.6 Å². The third-order valence-corrected chi connectivity index (χ3v) is 3.87. The number of carbonyl (C=O) groups is 1. The Labute approximate surface area is 119 Å². The van der Waals surface area contributed by atoms with E-state index in [1.165, 1.54) is 25.1 Å². The van der Waals surface area contributed by atoms with Crippen LogP contribution >= 0.6 is 0 Å². The smallest absolute Gasteiger partial charge is 0.337 e. The van der Waals surface area contributed by atoms with Crippen LogP contribution in [-0.2, 0) is 0 Å². The molecule has 1 saturated heterocycles. The van der Waals surface area contributed by atoms with Crippen molar-refractivity contribution in [3.63, 3.8) is 0 Å². The molecule has 6 heteroatoms. The molecule has 1 fully saturated rings. The van der Waals surface area contributed by atoms with Crippen LogP contribution in [0.2, 0.25) is 0 Å². The SMILES string of the molecule is CN1CCC(CN(C)c2ncc(C(=O)O)cc2N)CC1. The summed E-state index contributed by atoms with van der Waals surface area (Å²) in [4.78, 5) is 19.4. The van der Waals surface area contributed by atoms with Gasteiger partial charge in [0.15, 0.2) is 5.82 Å². The van der Waals surface area contributed by atoms with Gasteiger partial charge in [0, 0.05) is 19.8 Å². The molecule has 1 aliphatic heterocycles. The summed E-state index contributed by atoms with van der Waals surface area (Å²) in [6.07, 6.45) is 3.71. The van der Waals surface area contributed by atoms with E-state index >= 15 is 0 Å². The molecule has 1 aliphatic rings. The maximum absolute atomic E-state index is 10.9. The topological polar surface area (TPSA) is 82.7 Å². The van der Waals surface area contributed by atoms with E-state index in [0.717, 1.165) is 19.6 Å². The van der Waals surface area contributed by atoms with E-state index in [1.54, 1.807) is 0 Å². The fourth-order valence-corrected chi connectivity index (χ4v) is 2.63. The van der Waals surface area contributed by atoms with Gasteiger partial charge in [-0.1, -0.05) is 0 Å². The van der Waals surface area contributed by atoms with E-state index in [9.17, 15) is 4.79 Å². The van der Waals surface area contributed by atoms with Gasteiger partial charge in [0.05, 0.1) is 11.3 Å². The number of carboxylic acid groups (broad SMARTS) is 1. The summed E-state index contributed by atoms with van der Waals surface area (Å²) < 4.78 is 0. The molecule has 0 spiro atoms. The first-order chi connectivity index (χ1) is 9.47. The van der Waals surface area contributed by atoms with E-state index in [2.05, 4.69) is 16.9 Å². The molecule has 2 rings (SSSR count). The highest BCUT2D eigenvalue weighted by Gasteiger charge is 2.20. The van der Waals surface area contributed by atoms with E-state index in [4.69, 9.17) is 10.8 Å². The van der Waals surface area contributed by atoms with Gasteiger partial charge in [-0.3, -0.25) is 0 Å². The lowest BCUT2D eigenvalue weighted by atomic mass is 9.96. The highest BCUT2D eigenvalue weighted by molar-refractivity contribution is 5.89. The quantitative estimate of drug-likeness (QED) is 0.859. The summed E-state index contributed by atoms with van der Waals surface area (Å²) in [6.45, 7) is 3.15. The molecule has 1 aromatic rings. The molecule has 6 nitrogen and oxygen atoms in total. The van der Waals surface area contributed by atoms with Crippen LogP contribution in [0.5, 0.6) is 0 Å². The molecule has 3 N–H and O–H groups in total. The number of hydrogen-bond donors (Lipinski definition) is 2. The summed E-state index contributed by atoms with van der Waals surface area (Å²) in [6, 6.07) is 1.47. The number of nitrogens with two attached hydrogens (primary N) is 1. The number of rotatable bonds is 4. The molecule has 0 atom stereocenters. The number of anilines is 2. The minimum absolute atomic E-state index is 0.124. The lowest BCUT2D eigenvalue weighted by molar-refractivity contribution is 0.0696. The Hall–Kier alpha value is -1.82. The Morgan fingerprint density at radius 3 is 2.75 bits per heavy atom. The van der Waals surface area contributed by atoms with Crippen molar-refractivity contribution in [2.45, 2.75) is 12.8 Å². The molecule has 0 bridgehead atoms. The lowest BCUT2D eigenvalue weighted by Gasteiger charge is -2.32. The van der Waals surface area contributed by atoms with Crippen molar-refractivity contribution in [3.8, 4) is 0 Å². The van der Waals surface area contributed by atoms with E-state index < -0.39 is 5.97 Å². The molecular formula is C14H22N4O2. The highest BCUT2D eigenvalue weighted by Crippen LogP contribution is 2.24. The van der Waals surface area contributed by atoms with Gasteiger partial charge >= 0.3 is 5.97 Å². The number of nitrogen functional groups attached to an aromatic ring is 1. The number of likely N-dealkylation sites (tertiary alicyclic amines) is 1. The summed E-state index contributed by atoms with van der Waals surface area (Å²) in [5.41, 5.74) is 6.45. The predicted octanol–water partition coefficient (Wildman–Crippen LogP) is 1.14. The number of aromatic carboxylic acids is 1. The number of pyridine rings is 1. The molecule has 0 unspecified atom stereocenters. The Morgan fingerprint density at radius 2 is 2.20 bits per heavy atom. The first kappa shape index (κ1) is 14.6. The van der Waals surface area contributed by atoms with Crippen molar-refractivity contribution in [1.82, 2.24) is 9.88 Å². The summed E-state index contributed by atoms with van der Waals surface area (Å²) in [5.74, 6) is 0.291.